The minimum Gasteiger partial charge on any atom is -0.493 e. The molecule has 1 aromatic rings. The summed E-state index contributed by atoms with van der Waals surface area (Å²) in [5.74, 6) is -0.239. The number of thiocarbonyl (C=S) groups is 1. The lowest BCUT2D eigenvalue weighted by Crippen LogP contribution is -2.33. The van der Waals surface area contributed by atoms with Crippen molar-refractivity contribution in [3.63, 3.8) is 0 Å². The van der Waals surface area contributed by atoms with Crippen LogP contribution in [0.4, 0.5) is 0 Å². The zero-order valence-corrected chi connectivity index (χ0v) is 14.4. The molecule has 1 aromatic carbocycles. The Kier molecular flexibility index (Phi) is 5.79. The summed E-state index contributed by atoms with van der Waals surface area (Å²) in [4.78, 5) is 24.4. The van der Waals surface area contributed by atoms with Gasteiger partial charge in [0.1, 0.15) is 16.6 Å². The van der Waals surface area contributed by atoms with Crippen molar-refractivity contribution in [3.8, 4) is 5.75 Å². The Morgan fingerprint density at radius 3 is 2.61 bits per heavy atom. The summed E-state index contributed by atoms with van der Waals surface area (Å²) in [7, 11) is 0. The van der Waals surface area contributed by atoms with Crippen LogP contribution in [0.1, 0.15) is 19.4 Å². The van der Waals surface area contributed by atoms with Crippen molar-refractivity contribution in [3.05, 3.63) is 34.7 Å². The first-order valence-electron chi connectivity index (χ1n) is 7.07. The van der Waals surface area contributed by atoms with Gasteiger partial charge in [-0.2, -0.15) is 0 Å². The smallest absolute Gasteiger partial charge is 0.323 e. The molecule has 1 aliphatic rings. The molecule has 2 rings (SSSR count). The van der Waals surface area contributed by atoms with E-state index in [0.717, 1.165) is 28.0 Å². The fourth-order valence-corrected chi connectivity index (χ4v) is 3.10. The van der Waals surface area contributed by atoms with Crippen molar-refractivity contribution < 1.29 is 19.4 Å². The second-order valence-corrected chi connectivity index (χ2v) is 7.11. The van der Waals surface area contributed by atoms with Gasteiger partial charge in [0.05, 0.1) is 11.5 Å². The molecule has 1 N–H and O–H groups in total. The van der Waals surface area contributed by atoms with Gasteiger partial charge in [-0.25, -0.2) is 0 Å². The molecule has 0 aliphatic carbocycles. The lowest BCUT2D eigenvalue weighted by atomic mass is 10.2. The average molecular weight is 351 g/mol. The van der Waals surface area contributed by atoms with E-state index in [1.807, 2.05) is 24.3 Å². The Labute approximate surface area is 144 Å². The lowest BCUT2D eigenvalue weighted by molar-refractivity contribution is -0.140. The van der Waals surface area contributed by atoms with E-state index in [1.165, 1.54) is 0 Å². The first-order valence-corrected chi connectivity index (χ1v) is 8.29. The van der Waals surface area contributed by atoms with Crippen molar-refractivity contribution in [1.29, 1.82) is 0 Å². The molecule has 0 unspecified atom stereocenters. The predicted molar refractivity (Wildman–Crippen MR) is 94.3 cm³/mol. The number of benzene rings is 1. The summed E-state index contributed by atoms with van der Waals surface area (Å²) in [6.07, 6.45) is 1.70. The Bertz CT molecular complexity index is 653. The number of carboxylic acids is 1. The summed E-state index contributed by atoms with van der Waals surface area (Å²) < 4.78 is 5.87. The third-order valence-electron chi connectivity index (χ3n) is 2.93. The highest BCUT2D eigenvalue weighted by Gasteiger charge is 2.33. The molecule has 0 radical (unpaired) electrons. The summed E-state index contributed by atoms with van der Waals surface area (Å²) >= 11 is 6.16. The van der Waals surface area contributed by atoms with E-state index < -0.39 is 12.5 Å². The molecule has 1 fully saturated rings. The molecule has 23 heavy (non-hydrogen) atoms. The van der Waals surface area contributed by atoms with Crippen LogP contribution in [0.25, 0.3) is 6.08 Å². The summed E-state index contributed by atoms with van der Waals surface area (Å²) in [5, 5.41) is 8.81. The number of amides is 1. The maximum Gasteiger partial charge on any atom is 0.323 e. The van der Waals surface area contributed by atoms with Crippen molar-refractivity contribution in [2.45, 2.75) is 13.8 Å². The van der Waals surface area contributed by atoms with E-state index in [0.29, 0.717) is 17.4 Å². The molecular weight excluding hydrogens is 334 g/mol. The van der Waals surface area contributed by atoms with Crippen LogP contribution in [0.5, 0.6) is 5.75 Å². The molecule has 1 amide bonds. The molecule has 1 saturated heterocycles. The van der Waals surface area contributed by atoms with Gasteiger partial charge in [0.15, 0.2) is 0 Å². The first kappa shape index (κ1) is 17.5. The molecule has 0 bridgehead atoms. The number of carboxylic acid groups (broad SMARTS) is 1. The fourth-order valence-electron chi connectivity index (χ4n) is 1.85. The van der Waals surface area contributed by atoms with Crippen LogP contribution in [0, 0.1) is 5.92 Å². The monoisotopic (exact) mass is 351 g/mol. The second kappa shape index (κ2) is 7.61. The third kappa shape index (κ3) is 4.80. The number of ether oxygens (including phenoxy) is 1. The van der Waals surface area contributed by atoms with E-state index in [1.54, 1.807) is 6.08 Å². The van der Waals surface area contributed by atoms with Gasteiger partial charge in [-0.05, 0) is 29.7 Å². The van der Waals surface area contributed by atoms with Gasteiger partial charge in [0, 0.05) is 0 Å². The van der Waals surface area contributed by atoms with Crippen LogP contribution in [-0.4, -0.2) is 39.4 Å². The SMILES string of the molecule is CC(C)COc1ccc(/C=C2\SC(=S)N(CC(=O)O)C2=O)cc1. The van der Waals surface area contributed by atoms with Crippen molar-refractivity contribution in [2.24, 2.45) is 5.92 Å². The lowest BCUT2D eigenvalue weighted by Gasteiger charge is -2.10. The minimum absolute atomic E-state index is 0.264. The zero-order chi connectivity index (χ0) is 17.0. The Morgan fingerprint density at radius 2 is 2.04 bits per heavy atom. The number of thioether (sulfide) groups is 1. The number of carbonyl (C=O) groups excluding carboxylic acids is 1. The van der Waals surface area contributed by atoms with E-state index in [4.69, 9.17) is 22.1 Å². The van der Waals surface area contributed by atoms with Crippen molar-refractivity contribution in [1.82, 2.24) is 4.90 Å². The third-order valence-corrected chi connectivity index (χ3v) is 4.31. The summed E-state index contributed by atoms with van der Waals surface area (Å²) in [6.45, 7) is 4.39. The van der Waals surface area contributed by atoms with Crippen LogP contribution in [0.2, 0.25) is 0 Å². The molecular formula is C16H17NO4S2. The highest BCUT2D eigenvalue weighted by atomic mass is 32.2. The number of rotatable bonds is 6. The molecule has 0 atom stereocenters. The topological polar surface area (TPSA) is 66.8 Å². The van der Waals surface area contributed by atoms with E-state index >= 15 is 0 Å². The maximum atomic E-state index is 12.2. The van der Waals surface area contributed by atoms with Crippen LogP contribution >= 0.6 is 24.0 Å². The number of carbonyl (C=O) groups is 2. The Balaban J connectivity index is 2.08. The van der Waals surface area contributed by atoms with Gasteiger partial charge in [-0.1, -0.05) is 50.0 Å². The van der Waals surface area contributed by atoms with Gasteiger partial charge < -0.3 is 9.84 Å². The van der Waals surface area contributed by atoms with Crippen LogP contribution in [0.15, 0.2) is 29.2 Å². The molecule has 0 aromatic heterocycles. The van der Waals surface area contributed by atoms with E-state index in [2.05, 4.69) is 13.8 Å². The second-order valence-electron chi connectivity index (χ2n) is 5.44. The van der Waals surface area contributed by atoms with Crippen molar-refractivity contribution >= 4 is 46.3 Å². The quantitative estimate of drug-likeness (QED) is 0.628. The Morgan fingerprint density at radius 1 is 1.39 bits per heavy atom. The van der Waals surface area contributed by atoms with E-state index in [9.17, 15) is 9.59 Å². The zero-order valence-electron chi connectivity index (χ0n) is 12.8. The molecule has 1 aliphatic heterocycles. The normalized spacial score (nSPS) is 16.5. The minimum atomic E-state index is -1.09. The molecule has 1 heterocycles. The fraction of sp³-hybridized carbons (Fsp3) is 0.312. The van der Waals surface area contributed by atoms with Gasteiger partial charge >= 0.3 is 5.97 Å². The molecule has 0 saturated carbocycles. The highest BCUT2D eigenvalue weighted by molar-refractivity contribution is 8.26. The first-order chi connectivity index (χ1) is 10.9. The molecule has 5 nitrogen and oxygen atoms in total. The van der Waals surface area contributed by atoms with Gasteiger partial charge in [-0.15, -0.1) is 0 Å². The van der Waals surface area contributed by atoms with Gasteiger partial charge in [-0.3, -0.25) is 14.5 Å². The standard InChI is InChI=1S/C16H17NO4S2/c1-10(2)9-21-12-5-3-11(4-6-12)7-13-15(20)17(8-14(18)19)16(22)23-13/h3-7,10H,8-9H2,1-2H3,(H,18,19)/b13-7-. The van der Waals surface area contributed by atoms with Crippen LogP contribution < -0.4 is 4.74 Å². The van der Waals surface area contributed by atoms with E-state index in [-0.39, 0.29) is 10.2 Å². The summed E-state index contributed by atoms with van der Waals surface area (Å²) in [6, 6.07) is 7.37. The van der Waals surface area contributed by atoms with Crippen LogP contribution in [-0.2, 0) is 9.59 Å². The average Bonchev–Trinajstić information content (AvgIpc) is 2.74. The van der Waals surface area contributed by atoms with Crippen molar-refractivity contribution in [2.75, 3.05) is 13.2 Å². The largest absolute Gasteiger partial charge is 0.493 e. The van der Waals surface area contributed by atoms with Gasteiger partial charge in [0.2, 0.25) is 0 Å². The summed E-state index contributed by atoms with van der Waals surface area (Å²) in [5.41, 5.74) is 0.831. The van der Waals surface area contributed by atoms with Gasteiger partial charge in [0.25, 0.3) is 5.91 Å². The number of nitrogens with zero attached hydrogens (tertiary/aromatic N) is 1. The van der Waals surface area contributed by atoms with Crippen LogP contribution in [0.3, 0.4) is 0 Å². The highest BCUT2D eigenvalue weighted by Crippen LogP contribution is 2.32. The number of aliphatic carboxylic acids is 1. The number of hydrogen-bond acceptors (Lipinski definition) is 5. The molecule has 0 spiro atoms. The molecule has 122 valence electrons. The predicted octanol–water partition coefficient (Wildman–Crippen LogP) is 3.01. The molecule has 7 heteroatoms. The maximum absolute atomic E-state index is 12.2. The Hall–Kier alpha value is -1.86. The number of hydrogen-bond donors (Lipinski definition) is 1.